The van der Waals surface area contributed by atoms with Crippen LogP contribution in [0.4, 0.5) is 0 Å². The van der Waals surface area contributed by atoms with E-state index in [9.17, 15) is 4.79 Å². The van der Waals surface area contributed by atoms with Crippen LogP contribution in [-0.4, -0.2) is 23.7 Å². The first-order valence-corrected chi connectivity index (χ1v) is 7.66. The van der Waals surface area contributed by atoms with Crippen LogP contribution in [0.3, 0.4) is 0 Å². The summed E-state index contributed by atoms with van der Waals surface area (Å²) in [5, 5.41) is 12.1. The van der Waals surface area contributed by atoms with E-state index in [4.69, 9.17) is 5.11 Å². The van der Waals surface area contributed by atoms with Crippen molar-refractivity contribution in [3.05, 3.63) is 12.7 Å². The molecule has 0 unspecified atom stereocenters. The van der Waals surface area contributed by atoms with Crippen molar-refractivity contribution in [3.63, 3.8) is 0 Å². The van der Waals surface area contributed by atoms with Crippen LogP contribution in [0.1, 0.15) is 65.2 Å². The number of hydrogen-bond acceptors (Lipinski definition) is 2. The molecule has 0 aromatic rings. The van der Waals surface area contributed by atoms with Crippen molar-refractivity contribution in [2.75, 3.05) is 6.54 Å². The first-order valence-electron chi connectivity index (χ1n) is 7.66. The summed E-state index contributed by atoms with van der Waals surface area (Å²) in [5.74, 6) is -0.598. The van der Waals surface area contributed by atoms with Gasteiger partial charge in [0.1, 0.15) is 6.04 Å². The Morgan fingerprint density at radius 3 is 2.11 bits per heavy atom. The molecule has 0 bridgehead atoms. The Morgan fingerprint density at radius 1 is 1.11 bits per heavy atom. The Balaban J connectivity index is 3.34. The Labute approximate surface area is 118 Å². The third kappa shape index (κ3) is 10.8. The van der Waals surface area contributed by atoms with Crippen LogP contribution in [0.5, 0.6) is 0 Å². The largest absolute Gasteiger partial charge is 0.480 e. The molecule has 0 aliphatic carbocycles. The summed E-state index contributed by atoms with van der Waals surface area (Å²) in [6, 6.07) is -0.404. The third-order valence-electron chi connectivity index (χ3n) is 3.38. The molecule has 1 atom stereocenters. The molecule has 0 spiro atoms. The summed E-state index contributed by atoms with van der Waals surface area (Å²) in [6.45, 7) is 8.41. The summed E-state index contributed by atoms with van der Waals surface area (Å²) in [7, 11) is 0. The van der Waals surface area contributed by atoms with Gasteiger partial charge in [-0.2, -0.15) is 0 Å². The number of unbranched alkanes of at least 4 members (excludes halogenated alkanes) is 7. The molecule has 0 aliphatic rings. The zero-order valence-corrected chi connectivity index (χ0v) is 12.7. The first kappa shape index (κ1) is 18.2. The van der Waals surface area contributed by atoms with Gasteiger partial charge in [0.2, 0.25) is 0 Å². The van der Waals surface area contributed by atoms with Crippen molar-refractivity contribution in [2.45, 2.75) is 71.3 Å². The van der Waals surface area contributed by atoms with E-state index in [0.717, 1.165) is 19.4 Å². The molecule has 0 fully saturated rings. The molecule has 0 rings (SSSR count). The van der Waals surface area contributed by atoms with Crippen LogP contribution in [0.2, 0.25) is 0 Å². The van der Waals surface area contributed by atoms with E-state index in [2.05, 4.69) is 11.9 Å². The number of aliphatic carboxylic acids is 1. The van der Waals surface area contributed by atoms with Crippen molar-refractivity contribution < 1.29 is 9.90 Å². The van der Waals surface area contributed by atoms with Gasteiger partial charge in [0.05, 0.1) is 0 Å². The highest BCUT2D eigenvalue weighted by molar-refractivity contribution is 5.73. The van der Waals surface area contributed by atoms with E-state index >= 15 is 0 Å². The summed E-state index contributed by atoms with van der Waals surface area (Å²) in [6.07, 6.45) is 11.8. The Hall–Kier alpha value is -0.830. The molecule has 0 aliphatic heterocycles. The van der Waals surface area contributed by atoms with Gasteiger partial charge in [-0.05, 0) is 31.7 Å². The molecular weight excluding hydrogens is 238 g/mol. The fourth-order valence-corrected chi connectivity index (χ4v) is 2.16. The highest BCUT2D eigenvalue weighted by atomic mass is 16.4. The molecule has 19 heavy (non-hydrogen) atoms. The van der Waals surface area contributed by atoms with Gasteiger partial charge >= 0.3 is 5.97 Å². The molecule has 2 N–H and O–H groups in total. The minimum absolute atomic E-state index is 0.141. The summed E-state index contributed by atoms with van der Waals surface area (Å²) in [4.78, 5) is 11.0. The van der Waals surface area contributed by atoms with E-state index < -0.39 is 12.0 Å². The lowest BCUT2D eigenvalue weighted by atomic mass is 10.0. The minimum atomic E-state index is -0.739. The SMILES string of the molecule is C=CCCCCCCCCCN[C@@H](C(=O)O)C(C)C. The van der Waals surface area contributed by atoms with E-state index in [0.29, 0.717) is 0 Å². The van der Waals surface area contributed by atoms with Crippen LogP contribution in [0, 0.1) is 5.92 Å². The fraction of sp³-hybridized carbons (Fsp3) is 0.812. The number of carbonyl (C=O) groups is 1. The van der Waals surface area contributed by atoms with E-state index in [1.54, 1.807) is 0 Å². The average Bonchev–Trinajstić information content (AvgIpc) is 2.35. The first-order chi connectivity index (χ1) is 9.09. The molecule has 0 aromatic heterocycles. The molecule has 0 aromatic carbocycles. The van der Waals surface area contributed by atoms with Crippen LogP contribution in [0.25, 0.3) is 0 Å². The Morgan fingerprint density at radius 2 is 1.63 bits per heavy atom. The minimum Gasteiger partial charge on any atom is -0.480 e. The zero-order valence-electron chi connectivity index (χ0n) is 12.7. The maximum Gasteiger partial charge on any atom is 0.320 e. The molecule has 3 nitrogen and oxygen atoms in total. The molecular formula is C16H31NO2. The Bertz CT molecular complexity index is 239. The molecule has 0 saturated carbocycles. The van der Waals surface area contributed by atoms with Gasteiger partial charge in [0.15, 0.2) is 0 Å². The van der Waals surface area contributed by atoms with E-state index in [1.165, 1.54) is 38.5 Å². The summed E-state index contributed by atoms with van der Waals surface area (Å²) >= 11 is 0. The predicted octanol–water partition coefficient (Wildman–Crippen LogP) is 3.99. The topological polar surface area (TPSA) is 49.3 Å². The van der Waals surface area contributed by atoms with Gasteiger partial charge in [-0.15, -0.1) is 6.58 Å². The van der Waals surface area contributed by atoms with Gasteiger partial charge in [-0.1, -0.05) is 52.0 Å². The van der Waals surface area contributed by atoms with E-state index in [-0.39, 0.29) is 5.92 Å². The fourth-order valence-electron chi connectivity index (χ4n) is 2.16. The van der Waals surface area contributed by atoms with Gasteiger partial charge in [-0.3, -0.25) is 4.79 Å². The van der Waals surface area contributed by atoms with Crippen molar-refractivity contribution in [3.8, 4) is 0 Å². The molecule has 0 radical (unpaired) electrons. The van der Waals surface area contributed by atoms with Crippen LogP contribution < -0.4 is 5.32 Å². The van der Waals surface area contributed by atoms with Gasteiger partial charge in [0, 0.05) is 0 Å². The van der Waals surface area contributed by atoms with Gasteiger partial charge in [0.25, 0.3) is 0 Å². The standard InChI is InChI=1S/C16H31NO2/c1-4-5-6-7-8-9-10-11-12-13-17-15(14(2)3)16(18)19/h4,14-15,17H,1,5-13H2,2-3H3,(H,18,19)/t15-/m1/s1. The van der Waals surface area contributed by atoms with Crippen LogP contribution in [0.15, 0.2) is 12.7 Å². The number of carboxylic acid groups (broad SMARTS) is 1. The lowest BCUT2D eigenvalue weighted by Crippen LogP contribution is -2.41. The normalized spacial score (nSPS) is 12.6. The number of nitrogens with one attached hydrogen (secondary N) is 1. The molecule has 0 saturated heterocycles. The second-order valence-corrected chi connectivity index (χ2v) is 5.57. The molecule has 0 heterocycles. The summed E-state index contributed by atoms with van der Waals surface area (Å²) in [5.41, 5.74) is 0. The smallest absolute Gasteiger partial charge is 0.320 e. The molecule has 0 amide bonds. The van der Waals surface area contributed by atoms with Crippen molar-refractivity contribution in [1.82, 2.24) is 5.32 Å². The number of hydrogen-bond donors (Lipinski definition) is 2. The maximum atomic E-state index is 11.0. The van der Waals surface area contributed by atoms with Crippen molar-refractivity contribution in [2.24, 2.45) is 5.92 Å². The average molecular weight is 269 g/mol. The maximum absolute atomic E-state index is 11.0. The molecule has 112 valence electrons. The number of carboxylic acids is 1. The third-order valence-corrected chi connectivity index (χ3v) is 3.38. The second-order valence-electron chi connectivity index (χ2n) is 5.57. The highest BCUT2D eigenvalue weighted by Crippen LogP contribution is 2.09. The lowest BCUT2D eigenvalue weighted by Gasteiger charge is -2.17. The monoisotopic (exact) mass is 269 g/mol. The Kier molecular flexibility index (Phi) is 11.7. The van der Waals surface area contributed by atoms with E-state index in [1.807, 2.05) is 19.9 Å². The van der Waals surface area contributed by atoms with Crippen LogP contribution in [-0.2, 0) is 4.79 Å². The predicted molar refractivity (Wildman–Crippen MR) is 81.4 cm³/mol. The zero-order chi connectivity index (χ0) is 14.5. The second kappa shape index (κ2) is 12.2. The van der Waals surface area contributed by atoms with Crippen LogP contribution >= 0.6 is 0 Å². The van der Waals surface area contributed by atoms with Crippen molar-refractivity contribution >= 4 is 5.97 Å². The highest BCUT2D eigenvalue weighted by Gasteiger charge is 2.19. The molecule has 3 heteroatoms. The number of rotatable bonds is 13. The quantitative estimate of drug-likeness (QED) is 0.392. The van der Waals surface area contributed by atoms with Gasteiger partial charge in [-0.25, -0.2) is 0 Å². The summed E-state index contributed by atoms with van der Waals surface area (Å²) < 4.78 is 0. The lowest BCUT2D eigenvalue weighted by molar-refractivity contribution is -0.140. The van der Waals surface area contributed by atoms with Crippen molar-refractivity contribution in [1.29, 1.82) is 0 Å². The van der Waals surface area contributed by atoms with Gasteiger partial charge < -0.3 is 10.4 Å². The number of allylic oxidation sites excluding steroid dienone is 1.